The summed E-state index contributed by atoms with van der Waals surface area (Å²) in [6, 6.07) is 0. The maximum absolute atomic E-state index is 11.5. The fourth-order valence-electron chi connectivity index (χ4n) is 4.11. The van der Waals surface area contributed by atoms with E-state index in [0.29, 0.717) is 51.5 Å². The van der Waals surface area contributed by atoms with Gasteiger partial charge in [-0.3, -0.25) is 9.59 Å². The van der Waals surface area contributed by atoms with Crippen molar-refractivity contribution in [2.24, 2.45) is 10.8 Å². The Morgan fingerprint density at radius 3 is 1.92 bits per heavy atom. The van der Waals surface area contributed by atoms with E-state index in [9.17, 15) is 9.59 Å². The molecule has 0 amide bonds. The number of carbonyl (C=O) groups excluding carboxylic acids is 2. The van der Waals surface area contributed by atoms with Crippen LogP contribution in [-0.4, -0.2) is 49.6 Å². The Bertz CT molecular complexity index is 591. The highest BCUT2D eigenvalue weighted by molar-refractivity contribution is 5.95. The molecule has 0 bridgehead atoms. The predicted molar refractivity (Wildman–Crippen MR) is 94.5 cm³/mol. The van der Waals surface area contributed by atoms with Crippen LogP contribution in [0.2, 0.25) is 0 Å². The normalized spacial score (nSPS) is 30.5. The third kappa shape index (κ3) is 3.93. The molecule has 0 atom stereocenters. The standard InChI is InChI=1S/C10H16O3.C10H14O3/c2*1-9(2)7-10(4-3-8(9)11)12-5-6-13-10/h3-7H2,1-2H3;3-4H,5-7H2,1-2H3. The predicted octanol–water partition coefficient (Wildman–Crippen LogP) is 2.79. The summed E-state index contributed by atoms with van der Waals surface area (Å²) in [6.07, 6.45) is 5.97. The van der Waals surface area contributed by atoms with Gasteiger partial charge in [0.2, 0.25) is 0 Å². The molecule has 0 radical (unpaired) electrons. The Morgan fingerprint density at radius 1 is 0.808 bits per heavy atom. The van der Waals surface area contributed by atoms with Gasteiger partial charge in [-0.1, -0.05) is 27.7 Å². The van der Waals surface area contributed by atoms with Crippen molar-refractivity contribution >= 4 is 11.6 Å². The van der Waals surface area contributed by atoms with Crippen LogP contribution in [0, 0.1) is 10.8 Å². The van der Waals surface area contributed by atoms with E-state index in [-0.39, 0.29) is 16.6 Å². The number of allylic oxidation sites excluding steroid dienone is 1. The van der Waals surface area contributed by atoms with E-state index in [1.165, 1.54) is 0 Å². The van der Waals surface area contributed by atoms with Crippen molar-refractivity contribution in [3.8, 4) is 0 Å². The molecule has 2 aliphatic carbocycles. The largest absolute Gasteiger partial charge is 0.347 e. The molecular formula is C20H30O6. The summed E-state index contributed by atoms with van der Waals surface area (Å²) in [6.45, 7) is 10.4. The molecule has 0 unspecified atom stereocenters. The van der Waals surface area contributed by atoms with Crippen LogP contribution in [0.15, 0.2) is 12.2 Å². The number of ether oxygens (including phenoxy) is 4. The van der Waals surface area contributed by atoms with Gasteiger partial charge < -0.3 is 18.9 Å². The first kappa shape index (κ1) is 19.7. The highest BCUT2D eigenvalue weighted by atomic mass is 16.7. The Morgan fingerprint density at radius 2 is 1.38 bits per heavy atom. The fourth-order valence-corrected chi connectivity index (χ4v) is 4.11. The number of hydrogen-bond donors (Lipinski definition) is 0. The van der Waals surface area contributed by atoms with Crippen molar-refractivity contribution in [2.45, 2.75) is 65.0 Å². The zero-order valence-corrected chi connectivity index (χ0v) is 16.3. The molecule has 3 fully saturated rings. The minimum Gasteiger partial charge on any atom is -0.347 e. The number of carbonyl (C=O) groups is 2. The summed E-state index contributed by atoms with van der Waals surface area (Å²) in [7, 11) is 0. The Hall–Kier alpha value is -1.08. The highest BCUT2D eigenvalue weighted by Gasteiger charge is 2.48. The van der Waals surface area contributed by atoms with E-state index in [1.54, 1.807) is 12.2 Å². The fraction of sp³-hybridized carbons (Fsp3) is 0.800. The average Bonchev–Trinajstić information content (AvgIpc) is 3.18. The second-order valence-electron chi connectivity index (χ2n) is 8.86. The molecule has 26 heavy (non-hydrogen) atoms. The molecule has 6 nitrogen and oxygen atoms in total. The van der Waals surface area contributed by atoms with Crippen LogP contribution in [0.4, 0.5) is 0 Å². The summed E-state index contributed by atoms with van der Waals surface area (Å²) in [4.78, 5) is 23.0. The molecule has 0 aromatic carbocycles. The van der Waals surface area contributed by atoms with Crippen LogP contribution in [-0.2, 0) is 28.5 Å². The molecule has 146 valence electrons. The lowest BCUT2D eigenvalue weighted by Crippen LogP contribution is -2.44. The minimum absolute atomic E-state index is 0.150. The van der Waals surface area contributed by atoms with Crippen LogP contribution in [0.5, 0.6) is 0 Å². The lowest BCUT2D eigenvalue weighted by Gasteiger charge is -2.39. The van der Waals surface area contributed by atoms with Crippen LogP contribution in [0.25, 0.3) is 0 Å². The zero-order chi connectivity index (χ0) is 19.1. The summed E-state index contributed by atoms with van der Waals surface area (Å²) >= 11 is 0. The second-order valence-corrected chi connectivity index (χ2v) is 8.86. The number of rotatable bonds is 0. The maximum Gasteiger partial charge on any atom is 0.189 e. The number of ketones is 2. The molecule has 2 aliphatic heterocycles. The van der Waals surface area contributed by atoms with E-state index < -0.39 is 11.6 Å². The quantitative estimate of drug-likeness (QED) is 0.656. The van der Waals surface area contributed by atoms with Gasteiger partial charge in [0.1, 0.15) is 5.78 Å². The smallest absolute Gasteiger partial charge is 0.189 e. The SMILES string of the molecule is CC1(C)CC2(C=CC1=O)OCCO2.CC1(C)CC2(CCC1=O)OCCO2. The molecule has 2 heterocycles. The van der Waals surface area contributed by atoms with Crippen molar-refractivity contribution in [3.63, 3.8) is 0 Å². The lowest BCUT2D eigenvalue weighted by molar-refractivity contribution is -0.198. The van der Waals surface area contributed by atoms with Gasteiger partial charge in [0, 0.05) is 36.5 Å². The van der Waals surface area contributed by atoms with Crippen molar-refractivity contribution in [1.29, 1.82) is 0 Å². The van der Waals surface area contributed by atoms with E-state index in [2.05, 4.69) is 0 Å². The topological polar surface area (TPSA) is 71.1 Å². The van der Waals surface area contributed by atoms with Crippen molar-refractivity contribution in [3.05, 3.63) is 12.2 Å². The molecule has 1 saturated carbocycles. The van der Waals surface area contributed by atoms with Crippen LogP contribution >= 0.6 is 0 Å². The second kappa shape index (κ2) is 6.82. The number of Topliss-reactive ketones (excluding diaryl/α,β-unsaturated/α-hetero) is 1. The Labute approximate surface area is 155 Å². The Balaban J connectivity index is 0.000000151. The third-order valence-corrected chi connectivity index (χ3v) is 5.63. The molecule has 4 aliphatic rings. The summed E-state index contributed by atoms with van der Waals surface area (Å²) in [5.74, 6) is -0.566. The summed E-state index contributed by atoms with van der Waals surface area (Å²) in [5.41, 5.74) is -0.637. The van der Waals surface area contributed by atoms with Gasteiger partial charge in [-0.15, -0.1) is 0 Å². The molecule has 0 aromatic rings. The van der Waals surface area contributed by atoms with Gasteiger partial charge in [-0.25, -0.2) is 0 Å². The molecule has 0 aromatic heterocycles. The molecule has 2 saturated heterocycles. The first-order chi connectivity index (χ1) is 12.1. The zero-order valence-electron chi connectivity index (χ0n) is 16.3. The van der Waals surface area contributed by atoms with Gasteiger partial charge >= 0.3 is 0 Å². The van der Waals surface area contributed by atoms with E-state index in [4.69, 9.17) is 18.9 Å². The molecule has 0 N–H and O–H groups in total. The van der Waals surface area contributed by atoms with Crippen LogP contribution < -0.4 is 0 Å². The summed E-state index contributed by atoms with van der Waals surface area (Å²) < 4.78 is 22.2. The highest BCUT2D eigenvalue weighted by Crippen LogP contribution is 2.43. The van der Waals surface area contributed by atoms with E-state index in [1.807, 2.05) is 27.7 Å². The lowest BCUT2D eigenvalue weighted by atomic mass is 9.73. The Kier molecular flexibility index (Phi) is 5.16. The van der Waals surface area contributed by atoms with Crippen LogP contribution in [0.3, 0.4) is 0 Å². The molecule has 6 heteroatoms. The monoisotopic (exact) mass is 366 g/mol. The molecule has 4 rings (SSSR count). The minimum atomic E-state index is -0.614. The third-order valence-electron chi connectivity index (χ3n) is 5.63. The van der Waals surface area contributed by atoms with Crippen molar-refractivity contribution < 1.29 is 28.5 Å². The maximum atomic E-state index is 11.5. The molecular weight excluding hydrogens is 336 g/mol. The van der Waals surface area contributed by atoms with E-state index in [0.717, 1.165) is 6.42 Å². The van der Waals surface area contributed by atoms with Gasteiger partial charge in [-0.2, -0.15) is 0 Å². The van der Waals surface area contributed by atoms with Gasteiger partial charge in [0.15, 0.2) is 17.4 Å². The van der Waals surface area contributed by atoms with Crippen LogP contribution in [0.1, 0.15) is 53.4 Å². The number of hydrogen-bond acceptors (Lipinski definition) is 6. The average molecular weight is 366 g/mol. The summed E-state index contributed by atoms with van der Waals surface area (Å²) in [5, 5.41) is 0. The van der Waals surface area contributed by atoms with Gasteiger partial charge in [0.25, 0.3) is 0 Å². The molecule has 2 spiro atoms. The first-order valence-electron chi connectivity index (χ1n) is 9.41. The van der Waals surface area contributed by atoms with Gasteiger partial charge in [-0.05, 0) is 12.2 Å². The van der Waals surface area contributed by atoms with Crippen molar-refractivity contribution in [1.82, 2.24) is 0 Å². The van der Waals surface area contributed by atoms with E-state index >= 15 is 0 Å². The van der Waals surface area contributed by atoms with Gasteiger partial charge in [0.05, 0.1) is 26.4 Å². The van der Waals surface area contributed by atoms with Crippen molar-refractivity contribution in [2.75, 3.05) is 26.4 Å². The first-order valence-corrected chi connectivity index (χ1v) is 9.41.